The molecule has 1 heterocycles. The maximum atomic E-state index is 10.6. The minimum atomic E-state index is -0.440. The molecular weight excluding hydrogens is 262 g/mol. The number of hydrogen-bond acceptors (Lipinski definition) is 6. The molecule has 1 aromatic heterocycles. The van der Waals surface area contributed by atoms with E-state index in [-0.39, 0.29) is 12.2 Å². The highest BCUT2D eigenvalue weighted by Gasteiger charge is 2.14. The third kappa shape index (κ3) is 2.81. The lowest BCUT2D eigenvalue weighted by Gasteiger charge is -2.08. The van der Waals surface area contributed by atoms with Crippen LogP contribution in [0.2, 0.25) is 0 Å². The Morgan fingerprint density at radius 3 is 2.60 bits per heavy atom. The van der Waals surface area contributed by atoms with Crippen LogP contribution in [-0.2, 0) is 17.8 Å². The fourth-order valence-corrected chi connectivity index (χ4v) is 1.85. The Morgan fingerprint density at radius 2 is 2.05 bits per heavy atom. The van der Waals surface area contributed by atoms with Gasteiger partial charge < -0.3 is 15.0 Å². The smallest absolute Gasteiger partial charge is 0.269 e. The van der Waals surface area contributed by atoms with Gasteiger partial charge in [0.25, 0.3) is 5.69 Å². The summed E-state index contributed by atoms with van der Waals surface area (Å²) in [6.45, 7) is 1.34. The lowest BCUT2D eigenvalue weighted by molar-refractivity contribution is -0.384. The van der Waals surface area contributed by atoms with Gasteiger partial charge >= 0.3 is 0 Å². The van der Waals surface area contributed by atoms with E-state index < -0.39 is 4.92 Å². The first-order chi connectivity index (χ1) is 9.67. The Hall–Kier alpha value is -2.32. The van der Waals surface area contributed by atoms with Gasteiger partial charge in [0.05, 0.1) is 18.1 Å². The van der Waals surface area contributed by atoms with E-state index in [4.69, 9.17) is 10.5 Å². The summed E-state index contributed by atoms with van der Waals surface area (Å²) < 4.78 is 6.90. The van der Waals surface area contributed by atoms with Crippen LogP contribution in [0.25, 0.3) is 11.4 Å². The van der Waals surface area contributed by atoms with Crippen LogP contribution in [0.4, 0.5) is 5.69 Å². The summed E-state index contributed by atoms with van der Waals surface area (Å²) in [6, 6.07) is 6.16. The Balaban J connectivity index is 2.36. The molecule has 0 aliphatic heterocycles. The van der Waals surface area contributed by atoms with Gasteiger partial charge in [0.2, 0.25) is 0 Å². The molecule has 2 rings (SSSR count). The number of nitro benzene ring substituents is 1. The second kappa shape index (κ2) is 6.22. The highest BCUT2D eigenvalue weighted by molar-refractivity contribution is 5.57. The Bertz CT molecular complexity index is 594. The van der Waals surface area contributed by atoms with E-state index in [9.17, 15) is 10.1 Å². The first-order valence-corrected chi connectivity index (χ1v) is 6.03. The number of rotatable bonds is 6. The number of methoxy groups -OCH3 is 1. The molecule has 0 radical (unpaired) electrons. The van der Waals surface area contributed by atoms with E-state index in [1.807, 2.05) is 4.57 Å². The van der Waals surface area contributed by atoms with E-state index in [0.29, 0.717) is 24.8 Å². The molecule has 2 aromatic rings. The van der Waals surface area contributed by atoms with Crippen molar-refractivity contribution >= 4 is 5.69 Å². The molecule has 0 saturated heterocycles. The number of nitrogens with two attached hydrogens (primary N) is 1. The third-order valence-corrected chi connectivity index (χ3v) is 2.87. The fraction of sp³-hybridized carbons (Fsp3) is 0.333. The summed E-state index contributed by atoms with van der Waals surface area (Å²) in [7, 11) is 1.61. The number of ether oxygens (including phenoxy) is 1. The van der Waals surface area contributed by atoms with Crippen LogP contribution in [0.15, 0.2) is 24.3 Å². The summed E-state index contributed by atoms with van der Waals surface area (Å²) in [5.74, 6) is 1.27. The van der Waals surface area contributed by atoms with Crippen molar-refractivity contribution in [3.8, 4) is 11.4 Å². The molecule has 0 aliphatic rings. The molecule has 8 nitrogen and oxygen atoms in total. The highest BCUT2D eigenvalue weighted by atomic mass is 16.6. The summed E-state index contributed by atoms with van der Waals surface area (Å²) in [5, 5.41) is 18.8. The van der Waals surface area contributed by atoms with Crippen LogP contribution in [0.3, 0.4) is 0 Å². The Kier molecular flexibility index (Phi) is 4.38. The van der Waals surface area contributed by atoms with Gasteiger partial charge in [-0.3, -0.25) is 10.1 Å². The molecule has 1 aromatic carbocycles. The number of nitro groups is 1. The van der Waals surface area contributed by atoms with Gasteiger partial charge in [-0.05, 0) is 12.1 Å². The van der Waals surface area contributed by atoms with Crippen LogP contribution >= 0.6 is 0 Å². The number of non-ortho nitro benzene ring substituents is 1. The Morgan fingerprint density at radius 1 is 1.35 bits per heavy atom. The summed E-state index contributed by atoms with van der Waals surface area (Å²) in [6.07, 6.45) is 0. The fourth-order valence-electron chi connectivity index (χ4n) is 1.85. The molecule has 2 N–H and O–H groups in total. The van der Waals surface area contributed by atoms with Gasteiger partial charge in [0, 0.05) is 31.4 Å². The van der Waals surface area contributed by atoms with E-state index in [1.54, 1.807) is 19.2 Å². The zero-order chi connectivity index (χ0) is 14.5. The molecule has 0 atom stereocenters. The molecule has 0 fully saturated rings. The van der Waals surface area contributed by atoms with E-state index in [1.165, 1.54) is 12.1 Å². The third-order valence-electron chi connectivity index (χ3n) is 2.87. The maximum Gasteiger partial charge on any atom is 0.269 e. The average molecular weight is 277 g/mol. The maximum absolute atomic E-state index is 10.6. The van der Waals surface area contributed by atoms with E-state index in [2.05, 4.69) is 10.2 Å². The number of nitrogens with zero attached hydrogens (tertiary/aromatic N) is 4. The predicted molar refractivity (Wildman–Crippen MR) is 71.9 cm³/mol. The van der Waals surface area contributed by atoms with Gasteiger partial charge in [0.15, 0.2) is 5.82 Å². The van der Waals surface area contributed by atoms with Crippen molar-refractivity contribution in [3.63, 3.8) is 0 Å². The van der Waals surface area contributed by atoms with E-state index in [0.717, 1.165) is 5.56 Å². The van der Waals surface area contributed by atoms with E-state index >= 15 is 0 Å². The van der Waals surface area contributed by atoms with Gasteiger partial charge in [-0.25, -0.2) is 0 Å². The molecule has 0 bridgehead atoms. The molecule has 0 amide bonds. The molecule has 20 heavy (non-hydrogen) atoms. The monoisotopic (exact) mass is 277 g/mol. The van der Waals surface area contributed by atoms with Crippen molar-refractivity contribution in [1.82, 2.24) is 14.8 Å². The van der Waals surface area contributed by atoms with Gasteiger partial charge in [0.1, 0.15) is 5.82 Å². The van der Waals surface area contributed by atoms with Gasteiger partial charge in [-0.15, -0.1) is 10.2 Å². The Labute approximate surface area is 115 Å². The van der Waals surface area contributed by atoms with Crippen molar-refractivity contribution in [2.75, 3.05) is 13.7 Å². The minimum Gasteiger partial charge on any atom is -0.383 e. The zero-order valence-electron chi connectivity index (χ0n) is 11.0. The molecular formula is C12H15N5O3. The van der Waals surface area contributed by atoms with Crippen LogP contribution < -0.4 is 5.73 Å². The molecule has 8 heteroatoms. The minimum absolute atomic E-state index is 0.0377. The lowest BCUT2D eigenvalue weighted by atomic mass is 10.2. The number of hydrogen-bond donors (Lipinski definition) is 1. The van der Waals surface area contributed by atoms with Crippen molar-refractivity contribution < 1.29 is 9.66 Å². The highest BCUT2D eigenvalue weighted by Crippen LogP contribution is 2.21. The summed E-state index contributed by atoms with van der Waals surface area (Å²) >= 11 is 0. The largest absolute Gasteiger partial charge is 0.383 e. The lowest BCUT2D eigenvalue weighted by Crippen LogP contribution is -2.12. The molecule has 106 valence electrons. The molecule has 0 aliphatic carbocycles. The van der Waals surface area contributed by atoms with Crippen molar-refractivity contribution in [2.24, 2.45) is 5.73 Å². The van der Waals surface area contributed by atoms with Crippen LogP contribution in [0, 0.1) is 10.1 Å². The van der Waals surface area contributed by atoms with Crippen LogP contribution in [0.5, 0.6) is 0 Å². The van der Waals surface area contributed by atoms with Crippen molar-refractivity contribution in [1.29, 1.82) is 0 Å². The number of benzene rings is 1. The SMILES string of the molecule is COCCn1c(CN)nnc1-c1ccc([N+](=O)[O-])cc1. The first kappa shape index (κ1) is 14.1. The topological polar surface area (TPSA) is 109 Å². The predicted octanol–water partition coefficient (Wildman–Crippen LogP) is 0.958. The molecule has 0 spiro atoms. The normalized spacial score (nSPS) is 10.7. The van der Waals surface area contributed by atoms with Gasteiger partial charge in [-0.1, -0.05) is 0 Å². The summed E-state index contributed by atoms with van der Waals surface area (Å²) in [5.41, 5.74) is 6.41. The quantitative estimate of drug-likeness (QED) is 0.622. The van der Waals surface area contributed by atoms with Crippen LogP contribution in [-0.4, -0.2) is 33.4 Å². The average Bonchev–Trinajstić information content (AvgIpc) is 2.88. The second-order valence-electron chi connectivity index (χ2n) is 4.09. The van der Waals surface area contributed by atoms with Crippen molar-refractivity contribution in [3.05, 3.63) is 40.2 Å². The molecule has 0 unspecified atom stereocenters. The van der Waals surface area contributed by atoms with Crippen molar-refractivity contribution in [2.45, 2.75) is 13.1 Å². The van der Waals surface area contributed by atoms with Crippen LogP contribution in [0.1, 0.15) is 5.82 Å². The summed E-state index contributed by atoms with van der Waals surface area (Å²) in [4.78, 5) is 10.2. The second-order valence-corrected chi connectivity index (χ2v) is 4.09. The first-order valence-electron chi connectivity index (χ1n) is 6.03. The zero-order valence-corrected chi connectivity index (χ0v) is 11.0. The van der Waals surface area contributed by atoms with Gasteiger partial charge in [-0.2, -0.15) is 0 Å². The number of aromatic nitrogens is 3. The standard InChI is InChI=1S/C12H15N5O3/c1-20-7-6-16-11(8-13)14-15-12(16)9-2-4-10(5-3-9)17(18)19/h2-5H,6-8,13H2,1H3. The molecule has 0 saturated carbocycles.